The van der Waals surface area contributed by atoms with Crippen LogP contribution in [0.5, 0.6) is 0 Å². The van der Waals surface area contributed by atoms with Gasteiger partial charge in [0.05, 0.1) is 5.69 Å². The Labute approximate surface area is 231 Å². The maximum absolute atomic E-state index is 12.9. The van der Waals surface area contributed by atoms with Crippen LogP contribution in [0.2, 0.25) is 5.02 Å². The first-order chi connectivity index (χ1) is 18.7. The minimum atomic E-state index is 0.284. The van der Waals surface area contributed by atoms with Gasteiger partial charge < -0.3 is 19.1 Å². The molecule has 0 N–H and O–H groups in total. The van der Waals surface area contributed by atoms with Gasteiger partial charge in [-0.05, 0) is 50.4 Å². The number of amides is 2. The zero-order valence-corrected chi connectivity index (χ0v) is 23.0. The van der Waals surface area contributed by atoms with Crippen LogP contribution in [0, 0.1) is 0 Å². The van der Waals surface area contributed by atoms with Crippen LogP contribution in [0.3, 0.4) is 0 Å². The predicted octanol–water partition coefficient (Wildman–Crippen LogP) is 6.73. The zero-order chi connectivity index (χ0) is 25.9. The number of urea groups is 1. The van der Waals surface area contributed by atoms with Crippen molar-refractivity contribution in [3.8, 4) is 11.3 Å². The molecule has 0 bridgehead atoms. The Morgan fingerprint density at radius 3 is 2.39 bits per heavy atom. The van der Waals surface area contributed by atoms with E-state index >= 15 is 0 Å². The van der Waals surface area contributed by atoms with E-state index in [1.165, 1.54) is 32.1 Å². The van der Waals surface area contributed by atoms with Crippen molar-refractivity contribution < 1.29 is 9.21 Å². The summed E-state index contributed by atoms with van der Waals surface area (Å²) in [6.45, 7) is 7.77. The third kappa shape index (κ3) is 5.52. The van der Waals surface area contributed by atoms with Gasteiger partial charge in [0.2, 0.25) is 0 Å². The average molecular weight is 535 g/mol. The number of carbonyl (C=O) groups excluding carboxylic acids is 1. The lowest BCUT2D eigenvalue weighted by Crippen LogP contribution is -2.46. The van der Waals surface area contributed by atoms with Gasteiger partial charge >= 0.3 is 6.03 Å². The number of piperazine rings is 1. The van der Waals surface area contributed by atoms with Crippen molar-refractivity contribution in [1.29, 1.82) is 0 Å². The molecule has 6 nitrogen and oxygen atoms in total. The van der Waals surface area contributed by atoms with Gasteiger partial charge in [-0.1, -0.05) is 61.2 Å². The molecule has 202 valence electrons. The van der Waals surface area contributed by atoms with Crippen molar-refractivity contribution in [2.75, 3.05) is 57.3 Å². The second kappa shape index (κ2) is 11.6. The fourth-order valence-corrected chi connectivity index (χ4v) is 6.69. The molecular weight excluding hydrogens is 496 g/mol. The Morgan fingerprint density at radius 1 is 0.842 bits per heavy atom. The normalized spacial score (nSPS) is 19.7. The Bertz CT molecular complexity index is 1230. The van der Waals surface area contributed by atoms with Gasteiger partial charge in [-0.3, -0.25) is 4.90 Å². The number of nitrogens with zero attached hydrogens (tertiary/aromatic N) is 4. The maximum Gasteiger partial charge on any atom is 0.320 e. The van der Waals surface area contributed by atoms with Gasteiger partial charge in [0.1, 0.15) is 5.76 Å². The van der Waals surface area contributed by atoms with E-state index in [0.717, 1.165) is 98.2 Å². The number of rotatable bonds is 8. The highest BCUT2D eigenvalue weighted by molar-refractivity contribution is 6.31. The van der Waals surface area contributed by atoms with Crippen LogP contribution in [-0.4, -0.2) is 79.1 Å². The minimum Gasteiger partial charge on any atom is -0.454 e. The van der Waals surface area contributed by atoms with Crippen LogP contribution in [0.25, 0.3) is 22.3 Å². The van der Waals surface area contributed by atoms with Crippen LogP contribution in [0.1, 0.15) is 44.9 Å². The molecule has 2 aromatic carbocycles. The molecule has 3 aromatic rings. The number of hydrogen-bond donors (Lipinski definition) is 0. The molecule has 2 aliphatic heterocycles. The molecule has 2 saturated heterocycles. The van der Waals surface area contributed by atoms with E-state index in [2.05, 4.69) is 37.8 Å². The predicted molar refractivity (Wildman–Crippen MR) is 155 cm³/mol. The smallest absolute Gasteiger partial charge is 0.320 e. The summed E-state index contributed by atoms with van der Waals surface area (Å²) in [6, 6.07) is 17.1. The highest BCUT2D eigenvalue weighted by atomic mass is 35.5. The number of fused-ring (bicyclic) bond motifs is 1. The summed E-state index contributed by atoms with van der Waals surface area (Å²) in [5, 5.41) is 1.79. The fraction of sp³-hybridized carbons (Fsp3) is 0.516. The quantitative estimate of drug-likeness (QED) is 0.301. The first kappa shape index (κ1) is 25.6. The molecule has 1 saturated carbocycles. The van der Waals surface area contributed by atoms with E-state index < -0.39 is 0 Å². The third-order valence-corrected chi connectivity index (χ3v) is 8.85. The number of carbonyl (C=O) groups is 1. The summed E-state index contributed by atoms with van der Waals surface area (Å²) in [4.78, 5) is 22.1. The molecule has 0 atom stereocenters. The number of benzene rings is 2. The summed E-state index contributed by atoms with van der Waals surface area (Å²) in [7, 11) is 0. The van der Waals surface area contributed by atoms with Gasteiger partial charge in [0.25, 0.3) is 0 Å². The van der Waals surface area contributed by atoms with Crippen LogP contribution in [-0.2, 0) is 0 Å². The summed E-state index contributed by atoms with van der Waals surface area (Å²) in [6.07, 6.45) is 8.49. The standard InChI is InChI=1S/C31H39ClN4O2/c32-26-21-25-22-29(24-9-3-1-4-10-24)38-30(25)28(23-26)34-17-15-33(16-18-34)13-7-8-14-35-19-20-36(31(35)37)27-11-5-2-6-12-27/h1,3-4,9-10,21-23,27H,2,5-8,11-20H2. The van der Waals surface area contributed by atoms with Crippen LogP contribution >= 0.6 is 11.6 Å². The van der Waals surface area contributed by atoms with E-state index in [0.29, 0.717) is 6.04 Å². The molecule has 6 rings (SSSR count). The van der Waals surface area contributed by atoms with Crippen molar-refractivity contribution in [3.63, 3.8) is 0 Å². The molecule has 1 aliphatic carbocycles. The van der Waals surface area contributed by atoms with Crippen molar-refractivity contribution in [3.05, 3.63) is 53.6 Å². The molecule has 3 fully saturated rings. The number of anilines is 1. The van der Waals surface area contributed by atoms with Crippen molar-refractivity contribution >= 4 is 34.3 Å². The van der Waals surface area contributed by atoms with Crippen LogP contribution in [0.15, 0.2) is 52.9 Å². The van der Waals surface area contributed by atoms with Gasteiger partial charge in [0.15, 0.2) is 5.58 Å². The zero-order valence-electron chi connectivity index (χ0n) is 22.3. The molecule has 38 heavy (non-hydrogen) atoms. The second-order valence-electron chi connectivity index (χ2n) is 11.1. The number of halogens is 1. The molecular formula is C31H39ClN4O2. The second-order valence-corrected chi connectivity index (χ2v) is 11.5. The van der Waals surface area contributed by atoms with Gasteiger partial charge in [-0.2, -0.15) is 0 Å². The summed E-state index contributed by atoms with van der Waals surface area (Å²) >= 11 is 6.52. The fourth-order valence-electron chi connectivity index (χ4n) is 6.47. The van der Waals surface area contributed by atoms with Gasteiger partial charge in [-0.15, -0.1) is 0 Å². The average Bonchev–Trinajstić information content (AvgIpc) is 3.55. The van der Waals surface area contributed by atoms with E-state index in [1.54, 1.807) is 0 Å². The maximum atomic E-state index is 12.9. The molecule has 3 aliphatic rings. The molecule has 1 aromatic heterocycles. The lowest BCUT2D eigenvalue weighted by atomic mass is 9.94. The largest absolute Gasteiger partial charge is 0.454 e. The molecule has 0 spiro atoms. The SMILES string of the molecule is O=C1N(CCCCN2CCN(c3cc(Cl)cc4cc(-c5ccccc5)oc34)CC2)CCN1C1CCCCC1. The summed E-state index contributed by atoms with van der Waals surface area (Å²) in [5.41, 5.74) is 3.08. The van der Waals surface area contributed by atoms with E-state index in [9.17, 15) is 4.79 Å². The summed E-state index contributed by atoms with van der Waals surface area (Å²) in [5.74, 6) is 0.876. The number of furan rings is 1. The minimum absolute atomic E-state index is 0.284. The third-order valence-electron chi connectivity index (χ3n) is 8.63. The number of hydrogen-bond acceptors (Lipinski definition) is 4. The molecule has 0 radical (unpaired) electrons. The first-order valence-corrected chi connectivity index (χ1v) is 14.8. The summed E-state index contributed by atoms with van der Waals surface area (Å²) < 4.78 is 6.35. The van der Waals surface area contributed by atoms with Crippen LogP contribution < -0.4 is 4.90 Å². The molecule has 2 amide bonds. The van der Waals surface area contributed by atoms with Crippen LogP contribution in [0.4, 0.5) is 10.5 Å². The van der Waals surface area contributed by atoms with E-state index in [1.807, 2.05) is 30.3 Å². The monoisotopic (exact) mass is 534 g/mol. The van der Waals surface area contributed by atoms with Crippen molar-refractivity contribution in [2.24, 2.45) is 0 Å². The Hall–Kier alpha value is -2.70. The van der Waals surface area contributed by atoms with Gasteiger partial charge in [-0.25, -0.2) is 4.79 Å². The topological polar surface area (TPSA) is 43.2 Å². The molecule has 7 heteroatoms. The Balaban J connectivity index is 0.988. The molecule has 3 heterocycles. The highest BCUT2D eigenvalue weighted by Gasteiger charge is 2.33. The van der Waals surface area contributed by atoms with E-state index in [-0.39, 0.29) is 6.03 Å². The van der Waals surface area contributed by atoms with Gasteiger partial charge in [0, 0.05) is 67.8 Å². The van der Waals surface area contributed by atoms with Crippen molar-refractivity contribution in [2.45, 2.75) is 51.0 Å². The lowest BCUT2D eigenvalue weighted by molar-refractivity contribution is 0.162. The number of unbranched alkanes of at least 4 members (excludes halogenated alkanes) is 1. The lowest BCUT2D eigenvalue weighted by Gasteiger charge is -2.36. The Morgan fingerprint density at radius 2 is 1.61 bits per heavy atom. The van der Waals surface area contributed by atoms with Crippen molar-refractivity contribution in [1.82, 2.24) is 14.7 Å². The Kier molecular flexibility index (Phi) is 7.80. The van der Waals surface area contributed by atoms with E-state index in [4.69, 9.17) is 16.0 Å². The highest BCUT2D eigenvalue weighted by Crippen LogP contribution is 2.37. The molecule has 0 unspecified atom stereocenters. The first-order valence-electron chi connectivity index (χ1n) is 14.5.